The Morgan fingerprint density at radius 3 is 2.35 bits per heavy atom. The molecule has 8 heteroatoms. The predicted molar refractivity (Wildman–Crippen MR) is 65.1 cm³/mol. The molecule has 0 spiro atoms. The normalized spacial score (nSPS) is 10.8. The summed E-state index contributed by atoms with van der Waals surface area (Å²) in [5.74, 6) is -6.38. The van der Waals surface area contributed by atoms with Gasteiger partial charge in [0.2, 0.25) is 5.43 Å². The molecule has 0 aliphatic carbocycles. The summed E-state index contributed by atoms with van der Waals surface area (Å²) in [6, 6.07) is 0.489. The number of aromatic nitrogens is 1. The highest BCUT2D eigenvalue weighted by atomic mass is 19.2. The van der Waals surface area contributed by atoms with Crippen molar-refractivity contribution < 1.29 is 23.1 Å². The largest absolute Gasteiger partial charge is 0.477 e. The molecule has 2 rings (SSSR count). The molecule has 1 N–H and O–H groups in total. The van der Waals surface area contributed by atoms with Crippen molar-refractivity contribution in [1.82, 2.24) is 4.68 Å². The van der Waals surface area contributed by atoms with Gasteiger partial charge < -0.3 is 10.1 Å². The number of halogens is 3. The van der Waals surface area contributed by atoms with Gasteiger partial charge >= 0.3 is 5.97 Å². The van der Waals surface area contributed by atoms with Gasteiger partial charge in [0.25, 0.3) is 0 Å². The maximum Gasteiger partial charge on any atom is 0.341 e. The minimum absolute atomic E-state index is 0.489. The zero-order valence-corrected chi connectivity index (χ0v) is 10.4. The van der Waals surface area contributed by atoms with E-state index >= 15 is 0 Å². The second-order valence-electron chi connectivity index (χ2n) is 4.25. The average molecular weight is 286 g/mol. The lowest BCUT2D eigenvalue weighted by molar-refractivity contribution is 0.0695. The van der Waals surface area contributed by atoms with Crippen molar-refractivity contribution >= 4 is 16.9 Å². The summed E-state index contributed by atoms with van der Waals surface area (Å²) in [5, 5.41) is 9.62. The Balaban J connectivity index is 3.11. The Hall–Kier alpha value is -2.51. The Morgan fingerprint density at radius 2 is 1.85 bits per heavy atom. The first kappa shape index (κ1) is 13.9. The summed E-state index contributed by atoms with van der Waals surface area (Å²) < 4.78 is 41.3. The van der Waals surface area contributed by atoms with Crippen LogP contribution in [-0.2, 0) is 0 Å². The molecule has 5 nitrogen and oxygen atoms in total. The Bertz CT molecular complexity index is 784. The van der Waals surface area contributed by atoms with E-state index in [9.17, 15) is 22.8 Å². The van der Waals surface area contributed by atoms with Crippen LogP contribution in [0, 0.1) is 17.5 Å². The topological polar surface area (TPSA) is 62.5 Å². The third-order valence-electron chi connectivity index (χ3n) is 2.77. The highest BCUT2D eigenvalue weighted by Crippen LogP contribution is 2.21. The maximum atomic E-state index is 13.8. The van der Waals surface area contributed by atoms with Gasteiger partial charge in [0.05, 0.1) is 5.39 Å². The number of rotatable bonds is 2. The van der Waals surface area contributed by atoms with Gasteiger partial charge in [-0.2, -0.15) is 0 Å². The summed E-state index contributed by atoms with van der Waals surface area (Å²) in [6.07, 6.45) is 0.855. The highest BCUT2D eigenvalue weighted by molar-refractivity contribution is 5.92. The SMILES string of the molecule is CN(C)n1cc(C(=O)O)c(=O)c2cc(F)c(F)c(F)c21. The number of benzene rings is 1. The number of carbonyl (C=O) groups is 1. The Labute approximate surface area is 110 Å². The van der Waals surface area contributed by atoms with E-state index in [4.69, 9.17) is 5.11 Å². The molecule has 20 heavy (non-hydrogen) atoms. The van der Waals surface area contributed by atoms with Gasteiger partial charge in [-0.1, -0.05) is 0 Å². The van der Waals surface area contributed by atoms with Gasteiger partial charge in [0.15, 0.2) is 17.5 Å². The summed E-state index contributed by atoms with van der Waals surface area (Å²) in [5.41, 5.74) is -2.27. The van der Waals surface area contributed by atoms with Crippen molar-refractivity contribution in [2.75, 3.05) is 19.1 Å². The molecular weight excluding hydrogens is 277 g/mol. The number of hydrogen-bond donors (Lipinski definition) is 1. The standard InChI is InChI=1S/C12H9F3N2O3/c1-16(2)17-4-6(12(19)20)11(18)5-3-7(13)8(14)9(15)10(5)17/h3-4H,1-2H3,(H,19,20). The smallest absolute Gasteiger partial charge is 0.341 e. The molecule has 106 valence electrons. The first-order chi connectivity index (χ1) is 9.25. The molecule has 1 aromatic heterocycles. The van der Waals surface area contributed by atoms with Crippen LogP contribution in [-0.4, -0.2) is 29.8 Å². The van der Waals surface area contributed by atoms with E-state index in [0.717, 1.165) is 10.9 Å². The van der Waals surface area contributed by atoms with Crippen LogP contribution in [0.5, 0.6) is 0 Å². The van der Waals surface area contributed by atoms with Crippen LogP contribution in [0.15, 0.2) is 17.1 Å². The fourth-order valence-corrected chi connectivity index (χ4v) is 1.84. The van der Waals surface area contributed by atoms with Crippen molar-refractivity contribution in [3.05, 3.63) is 45.5 Å². The third kappa shape index (κ3) is 1.89. The summed E-state index contributed by atoms with van der Waals surface area (Å²) in [7, 11) is 2.85. The van der Waals surface area contributed by atoms with Gasteiger partial charge in [-0.3, -0.25) is 9.47 Å². The zero-order chi connectivity index (χ0) is 15.2. The molecule has 0 amide bonds. The van der Waals surface area contributed by atoms with E-state index in [0.29, 0.717) is 6.07 Å². The summed E-state index contributed by atoms with van der Waals surface area (Å²) in [6.45, 7) is 0. The van der Waals surface area contributed by atoms with E-state index in [2.05, 4.69) is 0 Å². The molecule has 0 aliphatic rings. The van der Waals surface area contributed by atoms with Gasteiger partial charge in [0, 0.05) is 20.3 Å². The number of carboxylic acids is 1. The number of pyridine rings is 1. The summed E-state index contributed by atoms with van der Waals surface area (Å²) >= 11 is 0. The van der Waals surface area contributed by atoms with Crippen LogP contribution in [0.4, 0.5) is 13.2 Å². The molecule has 0 atom stereocenters. The molecule has 1 heterocycles. The zero-order valence-electron chi connectivity index (χ0n) is 10.4. The molecule has 0 unspecified atom stereocenters. The average Bonchev–Trinajstić information content (AvgIpc) is 2.36. The predicted octanol–water partition coefficient (Wildman–Crippen LogP) is 1.31. The van der Waals surface area contributed by atoms with Crippen LogP contribution in [0.2, 0.25) is 0 Å². The van der Waals surface area contributed by atoms with Crippen molar-refractivity contribution in [2.24, 2.45) is 0 Å². The first-order valence-corrected chi connectivity index (χ1v) is 5.39. The van der Waals surface area contributed by atoms with Crippen LogP contribution in [0.25, 0.3) is 10.9 Å². The summed E-state index contributed by atoms with van der Waals surface area (Å²) in [4.78, 5) is 22.9. The fraction of sp³-hybridized carbons (Fsp3) is 0.167. The van der Waals surface area contributed by atoms with E-state index in [-0.39, 0.29) is 0 Å². The van der Waals surface area contributed by atoms with Crippen LogP contribution in [0.3, 0.4) is 0 Å². The van der Waals surface area contributed by atoms with Crippen molar-refractivity contribution in [3.8, 4) is 0 Å². The molecule has 0 aliphatic heterocycles. The molecule has 0 saturated carbocycles. The lowest BCUT2D eigenvalue weighted by atomic mass is 10.1. The lowest BCUT2D eigenvalue weighted by Crippen LogP contribution is -2.30. The Kier molecular flexibility index (Phi) is 3.16. The van der Waals surface area contributed by atoms with Gasteiger partial charge in [0.1, 0.15) is 11.1 Å². The van der Waals surface area contributed by atoms with Gasteiger partial charge in [-0.05, 0) is 6.07 Å². The number of fused-ring (bicyclic) bond motifs is 1. The van der Waals surface area contributed by atoms with Crippen molar-refractivity contribution in [1.29, 1.82) is 0 Å². The van der Waals surface area contributed by atoms with E-state index < -0.39 is 45.3 Å². The number of hydrogen-bond acceptors (Lipinski definition) is 3. The second-order valence-corrected chi connectivity index (χ2v) is 4.25. The fourth-order valence-electron chi connectivity index (χ4n) is 1.84. The molecule has 0 saturated heterocycles. The van der Waals surface area contributed by atoms with Gasteiger partial charge in [-0.25, -0.2) is 18.0 Å². The molecule has 0 fully saturated rings. The van der Waals surface area contributed by atoms with Crippen LogP contribution in [0.1, 0.15) is 10.4 Å². The van der Waals surface area contributed by atoms with E-state index in [1.54, 1.807) is 0 Å². The monoisotopic (exact) mass is 286 g/mol. The van der Waals surface area contributed by atoms with E-state index in [1.807, 2.05) is 0 Å². The highest BCUT2D eigenvalue weighted by Gasteiger charge is 2.22. The van der Waals surface area contributed by atoms with Crippen molar-refractivity contribution in [2.45, 2.75) is 0 Å². The second kappa shape index (κ2) is 4.55. The Morgan fingerprint density at radius 1 is 1.25 bits per heavy atom. The molecular formula is C12H9F3N2O3. The molecule has 1 aromatic carbocycles. The van der Waals surface area contributed by atoms with Crippen LogP contribution < -0.4 is 10.4 Å². The number of aromatic carboxylic acids is 1. The van der Waals surface area contributed by atoms with Crippen molar-refractivity contribution in [3.63, 3.8) is 0 Å². The third-order valence-corrected chi connectivity index (χ3v) is 2.77. The molecule has 0 radical (unpaired) electrons. The van der Waals surface area contributed by atoms with Gasteiger partial charge in [-0.15, -0.1) is 0 Å². The first-order valence-electron chi connectivity index (χ1n) is 5.39. The number of nitrogens with zero attached hydrogens (tertiary/aromatic N) is 2. The minimum Gasteiger partial charge on any atom is -0.477 e. The lowest BCUT2D eigenvalue weighted by Gasteiger charge is -2.20. The molecule has 0 bridgehead atoms. The molecule has 2 aromatic rings. The van der Waals surface area contributed by atoms with E-state index in [1.165, 1.54) is 19.1 Å². The quantitative estimate of drug-likeness (QED) is 0.846. The minimum atomic E-state index is -1.73. The van der Waals surface area contributed by atoms with Crippen LogP contribution >= 0.6 is 0 Å². The maximum absolute atomic E-state index is 13.8. The number of carboxylic acid groups (broad SMARTS) is 1.